The van der Waals surface area contributed by atoms with Crippen molar-refractivity contribution in [3.05, 3.63) is 57.7 Å². The minimum Gasteiger partial charge on any atom is -0.331 e. The Hall–Kier alpha value is -2.28. The first kappa shape index (κ1) is 19.5. The fraction of sp³-hybridized carbons (Fsp3) is 0.368. The summed E-state index contributed by atoms with van der Waals surface area (Å²) in [7, 11) is 0. The first-order valence-corrected chi connectivity index (χ1v) is 8.95. The zero-order chi connectivity index (χ0) is 19.8. The number of amides is 1. The monoisotopic (exact) mass is 398 g/mol. The molecule has 2 heterocycles. The molecule has 1 aliphatic heterocycles. The van der Waals surface area contributed by atoms with Gasteiger partial charge in [-0.2, -0.15) is 13.2 Å². The van der Waals surface area contributed by atoms with E-state index in [2.05, 4.69) is 4.98 Å². The minimum absolute atomic E-state index is 0.0131. The number of rotatable bonds is 2. The van der Waals surface area contributed by atoms with E-state index in [1.54, 1.807) is 4.90 Å². The number of aromatic amines is 1. The van der Waals surface area contributed by atoms with Gasteiger partial charge in [0.2, 0.25) is 0 Å². The van der Waals surface area contributed by atoms with Crippen molar-refractivity contribution < 1.29 is 22.9 Å². The summed E-state index contributed by atoms with van der Waals surface area (Å²) in [5.41, 5.74) is 1.89. The molecule has 4 nitrogen and oxygen atoms in total. The number of benzene rings is 1. The molecule has 1 aliphatic rings. The maximum Gasteiger partial charge on any atom is 0.419 e. The number of aromatic nitrogens is 1. The lowest BCUT2D eigenvalue weighted by atomic mass is 10.0. The lowest BCUT2D eigenvalue weighted by Crippen LogP contribution is -2.50. The van der Waals surface area contributed by atoms with Gasteiger partial charge in [0.15, 0.2) is 0 Å². The van der Waals surface area contributed by atoms with Gasteiger partial charge in [0.1, 0.15) is 24.3 Å². The highest BCUT2D eigenvalue weighted by Gasteiger charge is 2.35. The predicted octanol–water partition coefficient (Wildman–Crippen LogP) is 3.75. The van der Waals surface area contributed by atoms with Crippen molar-refractivity contribution in [2.75, 3.05) is 31.1 Å². The van der Waals surface area contributed by atoms with E-state index < -0.39 is 11.7 Å². The zero-order valence-electron chi connectivity index (χ0n) is 15.0. The summed E-state index contributed by atoms with van der Waals surface area (Å²) < 4.78 is 38.3. The van der Waals surface area contributed by atoms with E-state index in [0.717, 1.165) is 23.4 Å². The molecule has 0 spiro atoms. The number of nitrogens with one attached hydrogen (secondary N) is 1. The van der Waals surface area contributed by atoms with Crippen LogP contribution in [0.15, 0.2) is 30.5 Å². The number of hydrogen-bond donors (Lipinski definition) is 0. The third-order valence-corrected chi connectivity index (χ3v) is 5.21. The topological polar surface area (TPSA) is 37.7 Å². The van der Waals surface area contributed by atoms with E-state index in [1.807, 2.05) is 36.9 Å². The van der Waals surface area contributed by atoms with Gasteiger partial charge in [-0.15, -0.1) is 0 Å². The van der Waals surface area contributed by atoms with Crippen LogP contribution in [0.1, 0.15) is 27.0 Å². The van der Waals surface area contributed by atoms with Crippen LogP contribution >= 0.6 is 11.6 Å². The molecule has 3 rings (SSSR count). The van der Waals surface area contributed by atoms with Crippen molar-refractivity contribution in [2.45, 2.75) is 20.0 Å². The molecule has 0 bridgehead atoms. The number of piperazine rings is 1. The van der Waals surface area contributed by atoms with Crippen LogP contribution in [0.5, 0.6) is 0 Å². The van der Waals surface area contributed by atoms with E-state index in [1.165, 1.54) is 0 Å². The maximum absolute atomic E-state index is 12.8. The third kappa shape index (κ3) is 4.03. The highest BCUT2D eigenvalue weighted by molar-refractivity contribution is 6.32. The van der Waals surface area contributed by atoms with Gasteiger partial charge in [0.25, 0.3) is 11.7 Å². The average Bonchev–Trinajstić information content (AvgIpc) is 2.63. The van der Waals surface area contributed by atoms with Crippen molar-refractivity contribution >= 4 is 23.3 Å². The molecule has 1 aromatic carbocycles. The summed E-state index contributed by atoms with van der Waals surface area (Å²) in [6.07, 6.45) is -3.54. The van der Waals surface area contributed by atoms with Gasteiger partial charge in [-0.25, -0.2) is 4.98 Å². The van der Waals surface area contributed by atoms with Crippen LogP contribution in [0.3, 0.4) is 0 Å². The molecule has 1 aromatic heterocycles. The Morgan fingerprint density at radius 1 is 1.15 bits per heavy atom. The predicted molar refractivity (Wildman–Crippen MR) is 97.0 cm³/mol. The number of pyridine rings is 1. The smallest absolute Gasteiger partial charge is 0.331 e. The Bertz CT molecular complexity index is 862. The molecule has 1 saturated heterocycles. The summed E-state index contributed by atoms with van der Waals surface area (Å²) in [5.74, 6) is 0.404. The quantitative estimate of drug-likeness (QED) is 0.772. The Balaban J connectivity index is 1.70. The molecule has 1 amide bonds. The lowest BCUT2D eigenvalue weighted by Gasteiger charge is -2.31. The normalized spacial score (nSPS) is 15.2. The van der Waals surface area contributed by atoms with Crippen LogP contribution in [0.25, 0.3) is 0 Å². The van der Waals surface area contributed by atoms with Crippen molar-refractivity contribution in [2.24, 2.45) is 0 Å². The summed E-state index contributed by atoms with van der Waals surface area (Å²) in [6.45, 7) is 5.80. The van der Waals surface area contributed by atoms with Crippen molar-refractivity contribution in [1.82, 2.24) is 4.90 Å². The van der Waals surface area contributed by atoms with Crippen LogP contribution in [0, 0.1) is 13.8 Å². The second-order valence-electron chi connectivity index (χ2n) is 6.61. The Morgan fingerprint density at radius 2 is 1.81 bits per heavy atom. The molecular formula is C19H20ClF3N3O+. The number of carbonyl (C=O) groups excluding carboxylic acids is 1. The molecule has 2 aromatic rings. The van der Waals surface area contributed by atoms with E-state index in [-0.39, 0.29) is 10.9 Å². The largest absolute Gasteiger partial charge is 0.419 e. The number of hydrogen-bond acceptors (Lipinski definition) is 2. The highest BCUT2D eigenvalue weighted by Crippen LogP contribution is 2.32. The second-order valence-corrected chi connectivity index (χ2v) is 7.02. The average molecular weight is 399 g/mol. The summed E-state index contributed by atoms with van der Waals surface area (Å²) in [4.78, 5) is 19.0. The van der Waals surface area contributed by atoms with Gasteiger partial charge >= 0.3 is 6.18 Å². The SMILES string of the molecule is Cc1cccc(C(=O)N2CCN(c3[nH+]cc(C(F)(F)F)cc3Cl)CC2)c1C. The molecule has 0 unspecified atom stereocenters. The van der Waals surface area contributed by atoms with Gasteiger partial charge in [0.05, 0.1) is 18.7 Å². The van der Waals surface area contributed by atoms with Gasteiger partial charge in [-0.1, -0.05) is 23.7 Å². The number of carbonyl (C=O) groups is 1. The van der Waals surface area contributed by atoms with Crippen molar-refractivity contribution in [3.63, 3.8) is 0 Å². The van der Waals surface area contributed by atoms with Crippen molar-refractivity contribution in [3.8, 4) is 0 Å². The number of halogens is 4. The van der Waals surface area contributed by atoms with E-state index >= 15 is 0 Å². The standard InChI is InChI=1S/C19H19ClF3N3O/c1-12-4-3-5-15(13(12)2)18(27)26-8-6-25(7-9-26)17-16(20)10-14(11-24-17)19(21,22)23/h3-5,10-11H,6-9H2,1-2H3/p+1. The maximum atomic E-state index is 12.8. The van der Waals surface area contributed by atoms with E-state index in [4.69, 9.17) is 11.6 Å². The molecule has 0 atom stereocenters. The van der Waals surface area contributed by atoms with Crippen LogP contribution in [0.2, 0.25) is 5.02 Å². The first-order chi connectivity index (χ1) is 12.7. The molecule has 1 N–H and O–H groups in total. The van der Waals surface area contributed by atoms with Gasteiger partial charge < -0.3 is 4.90 Å². The lowest BCUT2D eigenvalue weighted by molar-refractivity contribution is -0.367. The first-order valence-electron chi connectivity index (χ1n) is 8.57. The summed E-state index contributed by atoms with van der Waals surface area (Å²) in [6, 6.07) is 6.56. The summed E-state index contributed by atoms with van der Waals surface area (Å²) in [5, 5.41) is 0.0131. The van der Waals surface area contributed by atoms with Gasteiger partial charge in [-0.05, 0) is 37.1 Å². The van der Waals surface area contributed by atoms with Crippen LogP contribution in [-0.4, -0.2) is 37.0 Å². The molecule has 1 fully saturated rings. The Kier molecular flexibility index (Phi) is 5.33. The number of H-pyrrole nitrogens is 1. The number of anilines is 1. The molecule has 144 valence electrons. The van der Waals surface area contributed by atoms with E-state index in [0.29, 0.717) is 37.6 Å². The number of aryl methyl sites for hydroxylation is 1. The summed E-state index contributed by atoms with van der Waals surface area (Å²) >= 11 is 6.05. The van der Waals surface area contributed by atoms with Crippen LogP contribution in [-0.2, 0) is 6.18 Å². The molecule has 0 aliphatic carbocycles. The third-order valence-electron chi connectivity index (χ3n) is 4.92. The highest BCUT2D eigenvalue weighted by atomic mass is 35.5. The molecule has 0 radical (unpaired) electrons. The molecule has 8 heteroatoms. The van der Waals surface area contributed by atoms with Crippen LogP contribution < -0.4 is 9.88 Å². The van der Waals surface area contributed by atoms with Crippen molar-refractivity contribution in [1.29, 1.82) is 0 Å². The zero-order valence-corrected chi connectivity index (χ0v) is 15.8. The second kappa shape index (κ2) is 7.38. The Morgan fingerprint density at radius 3 is 2.41 bits per heavy atom. The fourth-order valence-electron chi connectivity index (χ4n) is 3.15. The fourth-order valence-corrected chi connectivity index (χ4v) is 3.45. The minimum atomic E-state index is -4.45. The Labute approximate surface area is 160 Å². The number of nitrogens with zero attached hydrogens (tertiary/aromatic N) is 2. The van der Waals surface area contributed by atoms with Gasteiger partial charge in [0, 0.05) is 5.56 Å². The molecule has 0 saturated carbocycles. The number of alkyl halides is 3. The molecule has 27 heavy (non-hydrogen) atoms. The van der Waals surface area contributed by atoms with Crippen LogP contribution in [0.4, 0.5) is 19.0 Å². The van der Waals surface area contributed by atoms with Gasteiger partial charge in [-0.3, -0.25) is 9.69 Å². The molecular weight excluding hydrogens is 379 g/mol. The van der Waals surface area contributed by atoms with E-state index in [9.17, 15) is 18.0 Å².